The molecule has 1 heterocycles. The number of nitrogens with one attached hydrogen (secondary N) is 1. The van der Waals surface area contributed by atoms with Crippen LogP contribution in [0.25, 0.3) is 0 Å². The summed E-state index contributed by atoms with van der Waals surface area (Å²) in [6.07, 6.45) is 1.25. The lowest BCUT2D eigenvalue weighted by molar-refractivity contribution is -0.121. The zero-order valence-electron chi connectivity index (χ0n) is 9.64. The summed E-state index contributed by atoms with van der Waals surface area (Å²) in [5, 5.41) is 2.04. The molecule has 0 saturated heterocycles. The number of hydrogen-bond acceptors (Lipinski definition) is 5. The van der Waals surface area contributed by atoms with E-state index >= 15 is 0 Å². The lowest BCUT2D eigenvalue weighted by atomic mass is 10.1. The summed E-state index contributed by atoms with van der Waals surface area (Å²) < 4.78 is 0. The van der Waals surface area contributed by atoms with Gasteiger partial charge in [-0.2, -0.15) is 0 Å². The van der Waals surface area contributed by atoms with Crippen molar-refractivity contribution < 1.29 is 4.79 Å². The number of carbonyl (C=O) groups excluding carboxylic acids is 1. The van der Waals surface area contributed by atoms with E-state index < -0.39 is 0 Å². The lowest BCUT2D eigenvalue weighted by Gasteiger charge is -2.23. The molecule has 1 atom stereocenters. The largest absolute Gasteiger partial charge is 0.298 e. The molecule has 5 nitrogen and oxygen atoms in total. The van der Waals surface area contributed by atoms with Crippen LogP contribution in [0.4, 0.5) is 0 Å². The quantitative estimate of drug-likeness (QED) is 0.438. The van der Waals surface area contributed by atoms with Gasteiger partial charge in [-0.1, -0.05) is 0 Å². The molecule has 1 rings (SSSR count). The van der Waals surface area contributed by atoms with Crippen LogP contribution in [0.1, 0.15) is 25.5 Å². The highest BCUT2D eigenvalue weighted by Crippen LogP contribution is 2.10. The summed E-state index contributed by atoms with van der Waals surface area (Å²) in [4.78, 5) is 17.4. The van der Waals surface area contributed by atoms with Gasteiger partial charge in [0.05, 0.1) is 11.2 Å². The molecule has 0 spiro atoms. The average Bonchev–Trinajstić information content (AvgIpc) is 2.77. The smallest absolute Gasteiger partial charge is 0.233 e. The normalized spacial score (nSPS) is 12.8. The van der Waals surface area contributed by atoms with Crippen LogP contribution in [0.2, 0.25) is 0 Å². The molecule has 90 valence electrons. The molecular formula is C10H18N4OS. The fourth-order valence-corrected chi connectivity index (χ4v) is 1.91. The Balaban J connectivity index is 2.30. The number of thiazole rings is 1. The molecule has 6 heteroatoms. The average molecular weight is 242 g/mol. The molecular weight excluding hydrogens is 224 g/mol. The Bertz CT molecular complexity index is 315. The van der Waals surface area contributed by atoms with E-state index in [1.807, 2.05) is 17.9 Å². The molecule has 0 aromatic carbocycles. The van der Waals surface area contributed by atoms with Crippen LogP contribution in [0.3, 0.4) is 0 Å². The van der Waals surface area contributed by atoms with Gasteiger partial charge in [-0.05, 0) is 20.4 Å². The van der Waals surface area contributed by atoms with Gasteiger partial charge in [0.2, 0.25) is 5.91 Å². The summed E-state index contributed by atoms with van der Waals surface area (Å²) in [5.41, 5.74) is 5.04. The first kappa shape index (κ1) is 13.1. The van der Waals surface area contributed by atoms with Crippen molar-refractivity contribution in [1.82, 2.24) is 15.3 Å². The van der Waals surface area contributed by atoms with Gasteiger partial charge in [0, 0.05) is 24.4 Å². The molecule has 0 aliphatic heterocycles. The van der Waals surface area contributed by atoms with Crippen molar-refractivity contribution >= 4 is 17.2 Å². The molecule has 0 radical (unpaired) electrons. The van der Waals surface area contributed by atoms with Gasteiger partial charge >= 0.3 is 0 Å². The third-order valence-corrected chi connectivity index (χ3v) is 3.23. The fraction of sp³-hybridized carbons (Fsp3) is 0.600. The summed E-state index contributed by atoms with van der Waals surface area (Å²) in [6, 6.07) is 0.332. The van der Waals surface area contributed by atoms with E-state index in [1.54, 1.807) is 11.3 Å². The van der Waals surface area contributed by atoms with Crippen LogP contribution in [-0.2, 0) is 11.3 Å². The van der Waals surface area contributed by atoms with Crippen LogP contribution in [0.5, 0.6) is 0 Å². The van der Waals surface area contributed by atoms with Crippen molar-refractivity contribution in [3.05, 3.63) is 16.6 Å². The van der Waals surface area contributed by atoms with Gasteiger partial charge in [-0.15, -0.1) is 11.3 Å². The molecule has 0 aliphatic rings. The summed E-state index contributed by atoms with van der Waals surface area (Å²) >= 11 is 1.60. The first-order valence-corrected chi connectivity index (χ1v) is 6.14. The van der Waals surface area contributed by atoms with E-state index in [9.17, 15) is 4.79 Å². The number of amides is 1. The van der Waals surface area contributed by atoms with Gasteiger partial charge in [-0.25, -0.2) is 10.8 Å². The predicted molar refractivity (Wildman–Crippen MR) is 64.6 cm³/mol. The fourth-order valence-electron chi connectivity index (χ4n) is 1.36. The van der Waals surface area contributed by atoms with Crippen LogP contribution in [0.15, 0.2) is 10.9 Å². The van der Waals surface area contributed by atoms with Crippen LogP contribution in [-0.4, -0.2) is 28.9 Å². The highest BCUT2D eigenvalue weighted by atomic mass is 32.1. The Hall–Kier alpha value is -0.980. The van der Waals surface area contributed by atoms with Crippen LogP contribution in [0, 0.1) is 0 Å². The minimum absolute atomic E-state index is 0.117. The molecule has 0 aliphatic carbocycles. The number of hydrazine groups is 1. The van der Waals surface area contributed by atoms with E-state index in [0.717, 1.165) is 18.7 Å². The third kappa shape index (κ3) is 4.26. The first-order valence-electron chi connectivity index (χ1n) is 5.20. The molecule has 0 saturated carbocycles. The first-order chi connectivity index (χ1) is 7.63. The van der Waals surface area contributed by atoms with Crippen LogP contribution < -0.4 is 11.3 Å². The van der Waals surface area contributed by atoms with Gasteiger partial charge in [0.1, 0.15) is 0 Å². The molecule has 1 amide bonds. The van der Waals surface area contributed by atoms with Crippen molar-refractivity contribution in [2.45, 2.75) is 32.4 Å². The Morgan fingerprint density at radius 3 is 3.06 bits per heavy atom. The zero-order chi connectivity index (χ0) is 12.0. The monoisotopic (exact) mass is 242 g/mol. The molecule has 1 unspecified atom stereocenters. The Labute approximate surface area is 99.6 Å². The molecule has 1 aromatic heterocycles. The summed E-state index contributed by atoms with van der Waals surface area (Å²) in [7, 11) is 2.03. The third-order valence-electron chi connectivity index (χ3n) is 2.60. The topological polar surface area (TPSA) is 71.2 Å². The minimum Gasteiger partial charge on any atom is -0.298 e. The second-order valence-corrected chi connectivity index (χ2v) is 4.57. The standard InChI is InChI=1S/C10H18N4OS/c1-8(3-4-10(15)13-11)14(2)5-9-6-16-7-12-9/h6-8H,3-5,11H2,1-2H3,(H,13,15). The number of hydrogen-bond donors (Lipinski definition) is 2. The van der Waals surface area contributed by atoms with Gasteiger partial charge in [0.25, 0.3) is 0 Å². The maximum absolute atomic E-state index is 11.0. The van der Waals surface area contributed by atoms with Crippen molar-refractivity contribution in [3.63, 3.8) is 0 Å². The summed E-state index contributed by atoms with van der Waals surface area (Å²) in [6.45, 7) is 2.91. The number of aromatic nitrogens is 1. The number of nitrogens with two attached hydrogens (primary N) is 1. The van der Waals surface area contributed by atoms with Crippen molar-refractivity contribution in [2.24, 2.45) is 5.84 Å². The van der Waals surface area contributed by atoms with Gasteiger partial charge < -0.3 is 0 Å². The highest BCUT2D eigenvalue weighted by molar-refractivity contribution is 7.07. The van der Waals surface area contributed by atoms with Crippen LogP contribution >= 0.6 is 11.3 Å². The molecule has 1 aromatic rings. The van der Waals surface area contributed by atoms with Crippen molar-refractivity contribution in [3.8, 4) is 0 Å². The van der Waals surface area contributed by atoms with Gasteiger partial charge in [0.15, 0.2) is 0 Å². The number of carbonyl (C=O) groups is 1. The second kappa shape index (κ2) is 6.57. The zero-order valence-corrected chi connectivity index (χ0v) is 10.5. The van der Waals surface area contributed by atoms with E-state index in [2.05, 4.69) is 22.2 Å². The Morgan fingerprint density at radius 1 is 1.75 bits per heavy atom. The molecule has 3 N–H and O–H groups in total. The minimum atomic E-state index is -0.117. The molecule has 0 bridgehead atoms. The Morgan fingerprint density at radius 2 is 2.50 bits per heavy atom. The maximum Gasteiger partial charge on any atom is 0.233 e. The Kier molecular flexibility index (Phi) is 5.37. The molecule has 0 fully saturated rings. The van der Waals surface area contributed by atoms with E-state index in [0.29, 0.717) is 12.5 Å². The van der Waals surface area contributed by atoms with Crippen molar-refractivity contribution in [2.75, 3.05) is 7.05 Å². The second-order valence-electron chi connectivity index (χ2n) is 3.85. The SMILES string of the molecule is CC(CCC(=O)NN)N(C)Cc1cscn1. The lowest BCUT2D eigenvalue weighted by Crippen LogP contribution is -2.33. The predicted octanol–water partition coefficient (Wildman–Crippen LogP) is 0.733. The van der Waals surface area contributed by atoms with E-state index in [-0.39, 0.29) is 5.91 Å². The van der Waals surface area contributed by atoms with E-state index in [4.69, 9.17) is 5.84 Å². The number of nitrogens with zero attached hydrogens (tertiary/aromatic N) is 2. The van der Waals surface area contributed by atoms with Crippen molar-refractivity contribution in [1.29, 1.82) is 0 Å². The maximum atomic E-state index is 11.0. The number of rotatable bonds is 6. The van der Waals surface area contributed by atoms with E-state index in [1.165, 1.54) is 0 Å². The van der Waals surface area contributed by atoms with Gasteiger partial charge in [-0.3, -0.25) is 15.1 Å². The molecule has 16 heavy (non-hydrogen) atoms. The summed E-state index contributed by atoms with van der Waals surface area (Å²) in [5.74, 6) is 4.91. The highest BCUT2D eigenvalue weighted by Gasteiger charge is 2.12.